The van der Waals surface area contributed by atoms with Gasteiger partial charge in [-0.05, 0) is 26.2 Å². The van der Waals surface area contributed by atoms with Crippen LogP contribution in [-0.2, 0) is 9.53 Å². The Bertz CT molecular complexity index is 204. The van der Waals surface area contributed by atoms with Crippen molar-refractivity contribution in [1.29, 1.82) is 0 Å². The highest BCUT2D eigenvalue weighted by Gasteiger charge is 2.26. The Labute approximate surface area is 84.8 Å². The van der Waals surface area contributed by atoms with Crippen LogP contribution >= 0.6 is 0 Å². The van der Waals surface area contributed by atoms with E-state index in [9.17, 15) is 9.90 Å². The van der Waals surface area contributed by atoms with Gasteiger partial charge < -0.3 is 14.7 Å². The molecule has 1 N–H and O–H groups in total. The molecule has 0 aromatic heterocycles. The van der Waals surface area contributed by atoms with Crippen molar-refractivity contribution in [2.75, 3.05) is 26.8 Å². The van der Waals surface area contributed by atoms with Gasteiger partial charge in [-0.15, -0.1) is 0 Å². The molecular weight excluding hydrogens is 182 g/mol. The van der Waals surface area contributed by atoms with E-state index >= 15 is 0 Å². The summed E-state index contributed by atoms with van der Waals surface area (Å²) >= 11 is 0. The largest absolute Gasteiger partial charge is 0.390 e. The molecule has 1 rings (SSSR count). The highest BCUT2D eigenvalue weighted by molar-refractivity contribution is 5.77. The standard InChI is InChI=1S/C10H19NO3/c1-10(13)4-3-6-11(7-5-10)9(12)8-14-2/h13H,3-8H2,1-2H3. The van der Waals surface area contributed by atoms with Crippen LogP contribution in [-0.4, -0.2) is 48.3 Å². The highest BCUT2D eigenvalue weighted by Crippen LogP contribution is 2.21. The fourth-order valence-electron chi connectivity index (χ4n) is 1.73. The van der Waals surface area contributed by atoms with E-state index in [1.54, 1.807) is 4.90 Å². The van der Waals surface area contributed by atoms with E-state index in [-0.39, 0.29) is 12.5 Å². The first-order valence-electron chi connectivity index (χ1n) is 5.04. The first-order chi connectivity index (χ1) is 6.55. The molecule has 0 spiro atoms. The fourth-order valence-corrected chi connectivity index (χ4v) is 1.73. The molecule has 0 aliphatic carbocycles. The maximum Gasteiger partial charge on any atom is 0.248 e. The van der Waals surface area contributed by atoms with E-state index in [0.29, 0.717) is 13.0 Å². The Balaban J connectivity index is 2.45. The highest BCUT2D eigenvalue weighted by atomic mass is 16.5. The third-order valence-electron chi connectivity index (χ3n) is 2.68. The molecule has 14 heavy (non-hydrogen) atoms. The average molecular weight is 201 g/mol. The van der Waals surface area contributed by atoms with Gasteiger partial charge in [0, 0.05) is 20.2 Å². The molecule has 4 nitrogen and oxygen atoms in total. The predicted octanol–water partition coefficient (Wildman–Crippen LogP) is 0.396. The SMILES string of the molecule is COCC(=O)N1CCCC(C)(O)CC1. The second-order valence-electron chi connectivity index (χ2n) is 4.16. The molecule has 4 heteroatoms. The van der Waals surface area contributed by atoms with E-state index in [4.69, 9.17) is 4.74 Å². The van der Waals surface area contributed by atoms with Crippen molar-refractivity contribution in [1.82, 2.24) is 4.90 Å². The lowest BCUT2D eigenvalue weighted by Gasteiger charge is -2.22. The number of aliphatic hydroxyl groups is 1. The molecule has 1 saturated heterocycles. The first-order valence-corrected chi connectivity index (χ1v) is 5.04. The van der Waals surface area contributed by atoms with E-state index in [1.807, 2.05) is 6.92 Å². The van der Waals surface area contributed by atoms with E-state index in [1.165, 1.54) is 7.11 Å². The number of methoxy groups -OCH3 is 1. The summed E-state index contributed by atoms with van der Waals surface area (Å²) in [6, 6.07) is 0. The van der Waals surface area contributed by atoms with Crippen LogP contribution in [0.15, 0.2) is 0 Å². The molecule has 1 atom stereocenters. The van der Waals surface area contributed by atoms with Gasteiger partial charge in [-0.3, -0.25) is 4.79 Å². The number of amides is 1. The van der Waals surface area contributed by atoms with Crippen molar-refractivity contribution in [3.05, 3.63) is 0 Å². The minimum absolute atomic E-state index is 0.0187. The quantitative estimate of drug-likeness (QED) is 0.703. The molecule has 1 amide bonds. The zero-order valence-electron chi connectivity index (χ0n) is 8.95. The molecule has 1 fully saturated rings. The fraction of sp³-hybridized carbons (Fsp3) is 0.900. The molecule has 0 aromatic carbocycles. The number of hydrogen-bond donors (Lipinski definition) is 1. The molecule has 0 saturated carbocycles. The second-order valence-corrected chi connectivity index (χ2v) is 4.16. The Kier molecular flexibility index (Phi) is 3.89. The van der Waals surface area contributed by atoms with Gasteiger partial charge in [0.25, 0.3) is 0 Å². The van der Waals surface area contributed by atoms with Crippen LogP contribution in [0, 0.1) is 0 Å². The normalized spacial score (nSPS) is 28.6. The summed E-state index contributed by atoms with van der Waals surface area (Å²) in [6.45, 7) is 3.34. The first kappa shape index (κ1) is 11.5. The van der Waals surface area contributed by atoms with E-state index in [0.717, 1.165) is 19.4 Å². The molecular formula is C10H19NO3. The number of carbonyl (C=O) groups excluding carboxylic acids is 1. The van der Waals surface area contributed by atoms with Gasteiger partial charge in [-0.25, -0.2) is 0 Å². The number of hydrogen-bond acceptors (Lipinski definition) is 3. The van der Waals surface area contributed by atoms with Crippen molar-refractivity contribution in [3.8, 4) is 0 Å². The van der Waals surface area contributed by atoms with Gasteiger partial charge >= 0.3 is 0 Å². The zero-order valence-corrected chi connectivity index (χ0v) is 8.95. The Hall–Kier alpha value is -0.610. The van der Waals surface area contributed by atoms with Crippen LogP contribution in [0.1, 0.15) is 26.2 Å². The van der Waals surface area contributed by atoms with E-state index in [2.05, 4.69) is 0 Å². The van der Waals surface area contributed by atoms with Gasteiger partial charge in [0.1, 0.15) is 6.61 Å². The van der Waals surface area contributed by atoms with Gasteiger partial charge in [0.15, 0.2) is 0 Å². The Morgan fingerprint density at radius 3 is 2.86 bits per heavy atom. The van der Waals surface area contributed by atoms with Gasteiger partial charge in [0.2, 0.25) is 5.91 Å². The number of nitrogens with zero attached hydrogens (tertiary/aromatic N) is 1. The third kappa shape index (κ3) is 3.27. The number of carbonyl (C=O) groups is 1. The summed E-state index contributed by atoms with van der Waals surface area (Å²) in [7, 11) is 1.52. The summed E-state index contributed by atoms with van der Waals surface area (Å²) in [5.74, 6) is 0.0187. The number of ether oxygens (including phenoxy) is 1. The van der Waals surface area contributed by atoms with Crippen molar-refractivity contribution in [3.63, 3.8) is 0 Å². The van der Waals surface area contributed by atoms with Crippen molar-refractivity contribution < 1.29 is 14.6 Å². The lowest BCUT2D eigenvalue weighted by Crippen LogP contribution is -2.35. The molecule has 1 heterocycles. The predicted molar refractivity (Wildman–Crippen MR) is 52.9 cm³/mol. The molecule has 0 radical (unpaired) electrons. The average Bonchev–Trinajstić information content (AvgIpc) is 2.27. The number of rotatable bonds is 2. The smallest absolute Gasteiger partial charge is 0.248 e. The monoisotopic (exact) mass is 201 g/mol. The molecule has 1 unspecified atom stereocenters. The van der Waals surface area contributed by atoms with Crippen LogP contribution < -0.4 is 0 Å². The van der Waals surface area contributed by atoms with Crippen LogP contribution in [0.25, 0.3) is 0 Å². The molecule has 1 aliphatic heterocycles. The Morgan fingerprint density at radius 2 is 2.21 bits per heavy atom. The van der Waals surface area contributed by atoms with E-state index < -0.39 is 5.60 Å². The molecule has 1 aliphatic rings. The van der Waals surface area contributed by atoms with Crippen molar-refractivity contribution in [2.45, 2.75) is 31.8 Å². The summed E-state index contributed by atoms with van der Waals surface area (Å²) in [5, 5.41) is 9.81. The van der Waals surface area contributed by atoms with Crippen LogP contribution in [0.5, 0.6) is 0 Å². The van der Waals surface area contributed by atoms with Crippen molar-refractivity contribution in [2.24, 2.45) is 0 Å². The number of likely N-dealkylation sites (tertiary alicyclic amines) is 1. The van der Waals surface area contributed by atoms with Crippen molar-refractivity contribution >= 4 is 5.91 Å². The van der Waals surface area contributed by atoms with Gasteiger partial charge in [-0.2, -0.15) is 0 Å². The van der Waals surface area contributed by atoms with Crippen LogP contribution in [0.3, 0.4) is 0 Å². The topological polar surface area (TPSA) is 49.8 Å². The maximum absolute atomic E-state index is 11.5. The Morgan fingerprint density at radius 1 is 1.50 bits per heavy atom. The van der Waals surface area contributed by atoms with Crippen LogP contribution in [0.2, 0.25) is 0 Å². The van der Waals surface area contributed by atoms with Gasteiger partial charge in [0.05, 0.1) is 5.60 Å². The van der Waals surface area contributed by atoms with Gasteiger partial charge in [-0.1, -0.05) is 0 Å². The summed E-state index contributed by atoms with van der Waals surface area (Å²) in [4.78, 5) is 13.3. The second kappa shape index (κ2) is 4.75. The molecule has 0 aromatic rings. The zero-order chi connectivity index (χ0) is 10.6. The third-order valence-corrected chi connectivity index (χ3v) is 2.68. The summed E-state index contributed by atoms with van der Waals surface area (Å²) < 4.78 is 4.80. The minimum Gasteiger partial charge on any atom is -0.390 e. The summed E-state index contributed by atoms with van der Waals surface area (Å²) in [6.07, 6.45) is 2.29. The lowest BCUT2D eigenvalue weighted by molar-refractivity contribution is -0.135. The summed E-state index contributed by atoms with van der Waals surface area (Å²) in [5.41, 5.74) is -0.609. The maximum atomic E-state index is 11.5. The lowest BCUT2D eigenvalue weighted by atomic mass is 9.98. The minimum atomic E-state index is -0.609. The molecule has 0 bridgehead atoms. The molecule has 82 valence electrons. The van der Waals surface area contributed by atoms with Crippen LogP contribution in [0.4, 0.5) is 0 Å².